The fraction of sp³-hybridized carbons (Fsp3) is 0.381. The van der Waals surface area contributed by atoms with E-state index >= 15 is 0 Å². The number of guanidine groups is 1. The number of aliphatic imine (C=N–C) groups is 1. The van der Waals surface area contributed by atoms with Gasteiger partial charge in [0.15, 0.2) is 5.96 Å². The molecule has 5 nitrogen and oxygen atoms in total. The summed E-state index contributed by atoms with van der Waals surface area (Å²) in [5.74, 6) is 1.77. The first kappa shape index (κ1) is 18.1. The van der Waals surface area contributed by atoms with Crippen LogP contribution in [0.5, 0.6) is 5.75 Å². The molecule has 1 atom stereocenters. The molecule has 1 aliphatic rings. The summed E-state index contributed by atoms with van der Waals surface area (Å²) in [5.41, 5.74) is 3.73. The third-order valence-corrected chi connectivity index (χ3v) is 4.89. The molecule has 1 heterocycles. The average molecular weight is 352 g/mol. The molecule has 3 rings (SSSR count). The van der Waals surface area contributed by atoms with Crippen molar-refractivity contribution in [2.24, 2.45) is 4.99 Å². The molecule has 0 radical (unpaired) electrons. The van der Waals surface area contributed by atoms with Crippen molar-refractivity contribution < 1.29 is 4.74 Å². The summed E-state index contributed by atoms with van der Waals surface area (Å²) < 4.78 is 5.50. The Morgan fingerprint density at radius 3 is 2.73 bits per heavy atom. The third kappa shape index (κ3) is 4.28. The molecule has 0 spiro atoms. The first-order valence-electron chi connectivity index (χ1n) is 9.11. The quantitative estimate of drug-likeness (QED) is 0.642. The van der Waals surface area contributed by atoms with Gasteiger partial charge in [-0.2, -0.15) is 0 Å². The minimum absolute atomic E-state index is 0.364. The number of anilines is 1. The van der Waals surface area contributed by atoms with Crippen LogP contribution in [0.2, 0.25) is 0 Å². The van der Waals surface area contributed by atoms with Crippen molar-refractivity contribution in [3.8, 4) is 5.75 Å². The van der Waals surface area contributed by atoms with E-state index in [9.17, 15) is 0 Å². The third-order valence-electron chi connectivity index (χ3n) is 4.89. The Labute approximate surface area is 156 Å². The lowest BCUT2D eigenvalue weighted by Crippen LogP contribution is -2.44. The van der Waals surface area contributed by atoms with E-state index in [1.54, 1.807) is 7.11 Å². The Morgan fingerprint density at radius 2 is 1.96 bits per heavy atom. The highest BCUT2D eigenvalue weighted by Gasteiger charge is 2.25. The minimum Gasteiger partial charge on any atom is -0.495 e. The smallest absolute Gasteiger partial charge is 0.191 e. The number of nitrogens with one attached hydrogen (secondary N) is 2. The number of rotatable bonds is 5. The molecule has 0 aromatic heterocycles. The molecular formula is C21H28N4O. The number of hydrogen-bond donors (Lipinski definition) is 2. The van der Waals surface area contributed by atoms with Gasteiger partial charge < -0.3 is 20.3 Å². The molecule has 1 saturated heterocycles. The number of ether oxygens (including phenoxy) is 1. The molecule has 0 amide bonds. The second-order valence-electron chi connectivity index (χ2n) is 6.60. The summed E-state index contributed by atoms with van der Waals surface area (Å²) >= 11 is 0. The van der Waals surface area contributed by atoms with Gasteiger partial charge in [-0.15, -0.1) is 0 Å². The van der Waals surface area contributed by atoms with Crippen molar-refractivity contribution >= 4 is 11.6 Å². The predicted molar refractivity (Wildman–Crippen MR) is 108 cm³/mol. The summed E-state index contributed by atoms with van der Waals surface area (Å²) in [7, 11) is 3.54. The van der Waals surface area contributed by atoms with Crippen molar-refractivity contribution in [1.29, 1.82) is 0 Å². The van der Waals surface area contributed by atoms with Crippen LogP contribution in [0.4, 0.5) is 5.69 Å². The highest BCUT2D eigenvalue weighted by molar-refractivity contribution is 5.80. The van der Waals surface area contributed by atoms with Gasteiger partial charge in [-0.1, -0.05) is 36.4 Å². The maximum absolute atomic E-state index is 5.50. The van der Waals surface area contributed by atoms with Crippen LogP contribution >= 0.6 is 0 Å². The summed E-state index contributed by atoms with van der Waals surface area (Å²) in [5, 5.41) is 6.98. The van der Waals surface area contributed by atoms with E-state index in [-0.39, 0.29) is 0 Å². The van der Waals surface area contributed by atoms with E-state index in [2.05, 4.69) is 63.8 Å². The minimum atomic E-state index is 0.364. The lowest BCUT2D eigenvalue weighted by molar-refractivity contribution is 0.415. The van der Waals surface area contributed by atoms with Gasteiger partial charge >= 0.3 is 0 Å². The Hall–Kier alpha value is -2.69. The van der Waals surface area contributed by atoms with Crippen LogP contribution in [0.15, 0.2) is 53.5 Å². The van der Waals surface area contributed by atoms with Crippen LogP contribution in [-0.2, 0) is 6.54 Å². The van der Waals surface area contributed by atoms with E-state index in [0.29, 0.717) is 6.04 Å². The zero-order valence-corrected chi connectivity index (χ0v) is 15.8. The largest absolute Gasteiger partial charge is 0.495 e. The van der Waals surface area contributed by atoms with Gasteiger partial charge in [0.25, 0.3) is 0 Å². The lowest BCUT2D eigenvalue weighted by atomic mass is 10.1. The monoisotopic (exact) mass is 352 g/mol. The van der Waals surface area contributed by atoms with Crippen LogP contribution in [0.1, 0.15) is 17.5 Å². The van der Waals surface area contributed by atoms with Gasteiger partial charge in [-0.25, -0.2) is 0 Å². The molecule has 2 aromatic rings. The summed E-state index contributed by atoms with van der Waals surface area (Å²) in [6.45, 7) is 4.85. The van der Waals surface area contributed by atoms with Gasteiger partial charge in [0, 0.05) is 32.7 Å². The molecule has 5 heteroatoms. The summed E-state index contributed by atoms with van der Waals surface area (Å²) in [6.07, 6.45) is 1.07. The van der Waals surface area contributed by atoms with E-state index in [1.807, 2.05) is 19.2 Å². The van der Waals surface area contributed by atoms with E-state index in [0.717, 1.165) is 43.5 Å². The van der Waals surface area contributed by atoms with E-state index in [4.69, 9.17) is 4.74 Å². The number of nitrogens with zero attached hydrogens (tertiary/aromatic N) is 2. The summed E-state index contributed by atoms with van der Waals surface area (Å²) in [4.78, 5) is 6.75. The highest BCUT2D eigenvalue weighted by Crippen LogP contribution is 2.30. The van der Waals surface area contributed by atoms with Crippen molar-refractivity contribution in [3.05, 3.63) is 59.7 Å². The van der Waals surface area contributed by atoms with Gasteiger partial charge in [0.2, 0.25) is 0 Å². The fourth-order valence-electron chi connectivity index (χ4n) is 3.36. The number of benzene rings is 2. The van der Waals surface area contributed by atoms with Crippen molar-refractivity contribution in [1.82, 2.24) is 10.6 Å². The zero-order valence-electron chi connectivity index (χ0n) is 15.8. The highest BCUT2D eigenvalue weighted by atomic mass is 16.5. The molecule has 2 aromatic carbocycles. The number of methoxy groups -OCH3 is 1. The van der Waals surface area contributed by atoms with E-state index in [1.165, 1.54) is 11.1 Å². The first-order valence-corrected chi connectivity index (χ1v) is 9.11. The van der Waals surface area contributed by atoms with Crippen molar-refractivity contribution in [2.75, 3.05) is 32.1 Å². The predicted octanol–water partition coefficient (Wildman–Crippen LogP) is 2.95. The fourth-order valence-corrected chi connectivity index (χ4v) is 3.36. The normalized spacial score (nSPS) is 17.3. The maximum atomic E-state index is 5.50. The average Bonchev–Trinajstić information content (AvgIpc) is 3.14. The van der Waals surface area contributed by atoms with Crippen LogP contribution in [0.25, 0.3) is 0 Å². The second-order valence-corrected chi connectivity index (χ2v) is 6.60. The molecule has 2 N–H and O–H groups in total. The van der Waals surface area contributed by atoms with Gasteiger partial charge in [-0.05, 0) is 36.6 Å². The Morgan fingerprint density at radius 1 is 1.19 bits per heavy atom. The molecule has 138 valence electrons. The van der Waals surface area contributed by atoms with Crippen LogP contribution < -0.4 is 20.3 Å². The van der Waals surface area contributed by atoms with Gasteiger partial charge in [-0.3, -0.25) is 4.99 Å². The Bertz CT molecular complexity index is 759. The van der Waals surface area contributed by atoms with Crippen LogP contribution in [0.3, 0.4) is 0 Å². The summed E-state index contributed by atoms with van der Waals surface area (Å²) in [6, 6.07) is 17.0. The van der Waals surface area contributed by atoms with Crippen molar-refractivity contribution in [2.45, 2.75) is 25.9 Å². The van der Waals surface area contributed by atoms with Crippen LogP contribution in [0, 0.1) is 6.92 Å². The molecule has 0 saturated carbocycles. The zero-order chi connectivity index (χ0) is 18.4. The topological polar surface area (TPSA) is 48.9 Å². The molecule has 1 fully saturated rings. The first-order chi connectivity index (χ1) is 12.7. The maximum Gasteiger partial charge on any atom is 0.191 e. The second kappa shape index (κ2) is 8.61. The SMILES string of the molecule is CN=C(NCc1ccccc1C)NC1CCN(c2ccccc2OC)C1. The standard InChI is InChI=1S/C21H28N4O/c1-16-8-4-5-9-17(16)14-23-21(22-2)24-18-12-13-25(15-18)19-10-6-7-11-20(19)26-3/h4-11,18H,12-15H2,1-3H3,(H2,22,23,24). The molecule has 0 aliphatic carbocycles. The van der Waals surface area contributed by atoms with Crippen molar-refractivity contribution in [3.63, 3.8) is 0 Å². The molecule has 1 aliphatic heterocycles. The Balaban J connectivity index is 1.56. The Kier molecular flexibility index (Phi) is 6.00. The molecule has 1 unspecified atom stereocenters. The lowest BCUT2D eigenvalue weighted by Gasteiger charge is -2.22. The molecular weight excluding hydrogens is 324 g/mol. The van der Waals surface area contributed by atoms with Gasteiger partial charge in [0.1, 0.15) is 5.75 Å². The number of para-hydroxylation sites is 2. The number of aryl methyl sites for hydroxylation is 1. The van der Waals surface area contributed by atoms with Gasteiger partial charge in [0.05, 0.1) is 12.8 Å². The number of hydrogen-bond acceptors (Lipinski definition) is 3. The molecule has 26 heavy (non-hydrogen) atoms. The molecule has 0 bridgehead atoms. The van der Waals surface area contributed by atoms with Crippen LogP contribution in [-0.4, -0.2) is 39.2 Å². The van der Waals surface area contributed by atoms with E-state index < -0.39 is 0 Å².